The maximum Gasteiger partial charge on any atom is 0.325 e. The van der Waals surface area contributed by atoms with E-state index in [-0.39, 0.29) is 5.91 Å². The third kappa shape index (κ3) is 3.68. The van der Waals surface area contributed by atoms with Crippen molar-refractivity contribution in [2.75, 3.05) is 13.6 Å². The number of carbonyl (C=O) groups is 2. The van der Waals surface area contributed by atoms with Gasteiger partial charge >= 0.3 is 6.03 Å². The summed E-state index contributed by atoms with van der Waals surface area (Å²) >= 11 is 0. The van der Waals surface area contributed by atoms with Crippen molar-refractivity contribution in [2.24, 2.45) is 16.0 Å². The molecule has 2 N–H and O–H groups in total. The summed E-state index contributed by atoms with van der Waals surface area (Å²) in [5, 5.41) is 6.63. The van der Waals surface area contributed by atoms with Gasteiger partial charge in [-0.1, -0.05) is 44.2 Å². The Morgan fingerprint density at radius 1 is 1.31 bits per heavy atom. The van der Waals surface area contributed by atoms with Crippen LogP contribution in [0.1, 0.15) is 25.8 Å². The molecule has 138 valence electrons. The molecule has 0 spiro atoms. The van der Waals surface area contributed by atoms with Crippen molar-refractivity contribution in [1.29, 1.82) is 0 Å². The molecule has 8 nitrogen and oxygen atoms in total. The summed E-state index contributed by atoms with van der Waals surface area (Å²) in [6.07, 6.45) is 2.05. The number of guanidine groups is 1. The summed E-state index contributed by atoms with van der Waals surface area (Å²) in [6.45, 7) is 4.91. The first-order valence-electron chi connectivity index (χ1n) is 8.73. The fraction of sp³-hybridized carbons (Fsp3) is 0.444. The Morgan fingerprint density at radius 2 is 2.04 bits per heavy atom. The van der Waals surface area contributed by atoms with Gasteiger partial charge in [0.05, 0.1) is 6.21 Å². The molecule has 2 aliphatic heterocycles. The summed E-state index contributed by atoms with van der Waals surface area (Å²) in [5.74, 6) is 0.660. The minimum Gasteiger partial charge on any atom is -0.326 e. The van der Waals surface area contributed by atoms with Crippen molar-refractivity contribution in [2.45, 2.75) is 32.5 Å². The number of rotatable bonds is 5. The van der Waals surface area contributed by atoms with Gasteiger partial charge in [-0.25, -0.2) is 15.2 Å². The van der Waals surface area contributed by atoms with E-state index in [4.69, 9.17) is 0 Å². The molecule has 2 heterocycles. The maximum atomic E-state index is 12.4. The molecule has 1 fully saturated rings. The van der Waals surface area contributed by atoms with Crippen molar-refractivity contribution in [3.8, 4) is 0 Å². The molecule has 1 saturated heterocycles. The number of nitrogens with zero attached hydrogens (tertiary/aromatic N) is 4. The van der Waals surface area contributed by atoms with Gasteiger partial charge in [0, 0.05) is 13.6 Å². The van der Waals surface area contributed by atoms with Crippen LogP contribution in [0.5, 0.6) is 0 Å². The van der Waals surface area contributed by atoms with Crippen molar-refractivity contribution in [3.63, 3.8) is 0 Å². The monoisotopic (exact) mass is 356 g/mol. The smallest absolute Gasteiger partial charge is 0.325 e. The van der Waals surface area contributed by atoms with Crippen molar-refractivity contribution in [3.05, 3.63) is 35.9 Å². The van der Waals surface area contributed by atoms with Crippen molar-refractivity contribution < 1.29 is 9.59 Å². The van der Waals surface area contributed by atoms with Gasteiger partial charge in [-0.15, -0.1) is 0 Å². The predicted octanol–water partition coefficient (Wildman–Crippen LogP) is 1.20. The average Bonchev–Trinajstić information content (AvgIpc) is 2.98. The molecule has 1 aromatic carbocycles. The average molecular weight is 356 g/mol. The quantitative estimate of drug-likeness (QED) is 0.613. The molecule has 0 aromatic heterocycles. The number of amides is 3. The zero-order valence-corrected chi connectivity index (χ0v) is 15.2. The van der Waals surface area contributed by atoms with E-state index in [9.17, 15) is 9.59 Å². The van der Waals surface area contributed by atoms with E-state index in [1.54, 1.807) is 13.3 Å². The summed E-state index contributed by atoms with van der Waals surface area (Å²) < 4.78 is 0. The SMILES string of the molecule is CC(C)CCN1C(N/N=C\c2ccccc2)=NC2C1C(=O)NC(=O)N2C. The third-order valence-electron chi connectivity index (χ3n) is 4.49. The van der Waals surface area contributed by atoms with Gasteiger partial charge in [-0.3, -0.25) is 10.1 Å². The third-order valence-corrected chi connectivity index (χ3v) is 4.49. The number of hydrazone groups is 1. The van der Waals surface area contributed by atoms with Gasteiger partial charge in [0.2, 0.25) is 5.96 Å². The standard InChI is InChI=1S/C18H24N6O2/c1-12(2)9-10-24-14-15(23(3)18(26)21-16(14)25)20-17(24)22-19-11-13-7-5-4-6-8-13/h4-8,11-12,14-15H,9-10H2,1-3H3,(H,20,22)(H,21,25,26)/b19-11-. The van der Waals surface area contributed by atoms with E-state index in [1.807, 2.05) is 35.2 Å². The predicted molar refractivity (Wildman–Crippen MR) is 99.6 cm³/mol. The van der Waals surface area contributed by atoms with Gasteiger partial charge in [-0.2, -0.15) is 5.10 Å². The maximum absolute atomic E-state index is 12.4. The molecule has 0 bridgehead atoms. The summed E-state index contributed by atoms with van der Waals surface area (Å²) in [7, 11) is 1.64. The van der Waals surface area contributed by atoms with E-state index >= 15 is 0 Å². The Hall–Kier alpha value is -2.90. The second-order valence-electron chi connectivity index (χ2n) is 6.87. The van der Waals surface area contributed by atoms with Crippen LogP contribution in [0.15, 0.2) is 40.4 Å². The number of aliphatic imine (C=N–C) groups is 1. The van der Waals surface area contributed by atoms with E-state index < -0.39 is 18.2 Å². The number of carbonyl (C=O) groups excluding carboxylic acids is 2. The first-order chi connectivity index (χ1) is 12.5. The second-order valence-corrected chi connectivity index (χ2v) is 6.87. The zero-order chi connectivity index (χ0) is 18.7. The van der Waals surface area contributed by atoms with Crippen LogP contribution in [0.3, 0.4) is 0 Å². The highest BCUT2D eigenvalue weighted by Crippen LogP contribution is 2.24. The molecule has 8 heteroatoms. The van der Waals surface area contributed by atoms with Gasteiger partial charge in [0.15, 0.2) is 12.2 Å². The first-order valence-corrected chi connectivity index (χ1v) is 8.73. The number of hydrogen-bond acceptors (Lipinski definition) is 6. The highest BCUT2D eigenvalue weighted by Gasteiger charge is 2.48. The zero-order valence-electron chi connectivity index (χ0n) is 15.2. The van der Waals surface area contributed by atoms with E-state index in [1.165, 1.54) is 4.90 Å². The fourth-order valence-corrected chi connectivity index (χ4v) is 2.96. The number of nitrogens with one attached hydrogen (secondary N) is 2. The molecule has 1 aromatic rings. The minimum atomic E-state index is -0.544. The normalized spacial score (nSPS) is 22.7. The van der Waals surface area contributed by atoms with E-state index in [0.29, 0.717) is 18.4 Å². The molecule has 2 atom stereocenters. The molecule has 3 rings (SSSR count). The van der Waals surface area contributed by atoms with E-state index in [0.717, 1.165) is 12.0 Å². The molecule has 0 aliphatic carbocycles. The van der Waals surface area contributed by atoms with Crippen LogP contribution < -0.4 is 10.7 Å². The first kappa shape index (κ1) is 17.9. The van der Waals surface area contributed by atoms with Crippen LogP contribution >= 0.6 is 0 Å². The molecular weight excluding hydrogens is 332 g/mol. The molecule has 26 heavy (non-hydrogen) atoms. The lowest BCUT2D eigenvalue weighted by molar-refractivity contribution is -0.127. The molecular formula is C18H24N6O2. The lowest BCUT2D eigenvalue weighted by atomic mass is 10.1. The number of hydrogen-bond donors (Lipinski definition) is 2. The summed E-state index contributed by atoms with van der Waals surface area (Å²) in [5.41, 5.74) is 3.90. The Kier molecular flexibility index (Phi) is 5.20. The Bertz CT molecular complexity index is 730. The van der Waals surface area contributed by atoms with Gasteiger partial charge in [0.25, 0.3) is 5.91 Å². The highest BCUT2D eigenvalue weighted by atomic mass is 16.2. The molecule has 0 radical (unpaired) electrons. The molecule has 2 unspecified atom stereocenters. The van der Waals surface area contributed by atoms with Crippen LogP contribution in [0.4, 0.5) is 4.79 Å². The highest BCUT2D eigenvalue weighted by molar-refractivity contribution is 6.03. The largest absolute Gasteiger partial charge is 0.326 e. The molecule has 0 saturated carbocycles. The molecule has 2 aliphatic rings. The minimum absolute atomic E-state index is 0.325. The lowest BCUT2D eigenvalue weighted by Crippen LogP contribution is -2.64. The van der Waals surface area contributed by atoms with Gasteiger partial charge in [0.1, 0.15) is 0 Å². The Morgan fingerprint density at radius 3 is 2.73 bits per heavy atom. The molecule has 3 amide bonds. The fourth-order valence-electron chi connectivity index (χ4n) is 2.96. The van der Waals surface area contributed by atoms with Gasteiger partial charge < -0.3 is 9.80 Å². The number of urea groups is 1. The van der Waals surface area contributed by atoms with Crippen LogP contribution in [-0.2, 0) is 4.79 Å². The van der Waals surface area contributed by atoms with Crippen LogP contribution in [0.25, 0.3) is 0 Å². The Balaban J connectivity index is 1.79. The van der Waals surface area contributed by atoms with Crippen molar-refractivity contribution >= 4 is 24.1 Å². The van der Waals surface area contributed by atoms with Crippen molar-refractivity contribution in [1.82, 2.24) is 20.5 Å². The number of fused-ring (bicyclic) bond motifs is 1. The Labute approximate surface area is 153 Å². The van der Waals surface area contributed by atoms with Crippen LogP contribution in [0, 0.1) is 5.92 Å². The van der Waals surface area contributed by atoms with Gasteiger partial charge in [-0.05, 0) is 17.9 Å². The van der Waals surface area contributed by atoms with Crippen LogP contribution in [0.2, 0.25) is 0 Å². The van der Waals surface area contributed by atoms with E-state index in [2.05, 4.69) is 34.7 Å². The second kappa shape index (κ2) is 7.55. The number of likely N-dealkylation sites (N-methyl/N-ethyl adjacent to an activating group) is 1. The lowest BCUT2D eigenvalue weighted by Gasteiger charge is -2.36. The number of imide groups is 1. The topological polar surface area (TPSA) is 89.4 Å². The number of benzene rings is 1. The summed E-state index contributed by atoms with van der Waals surface area (Å²) in [4.78, 5) is 32.2. The summed E-state index contributed by atoms with van der Waals surface area (Å²) in [6, 6.07) is 8.72. The van der Waals surface area contributed by atoms with Crippen LogP contribution in [-0.4, -0.2) is 59.7 Å².